The van der Waals surface area contributed by atoms with Gasteiger partial charge in [0.15, 0.2) is 5.82 Å². The lowest BCUT2D eigenvalue weighted by atomic mass is 9.99. The van der Waals surface area contributed by atoms with Crippen LogP contribution in [0.4, 0.5) is 0 Å². The van der Waals surface area contributed by atoms with Gasteiger partial charge in [-0.05, 0) is 25.8 Å². The molecule has 3 heterocycles. The molecule has 3 aromatic heterocycles. The van der Waals surface area contributed by atoms with E-state index in [4.69, 9.17) is 10.3 Å². The van der Waals surface area contributed by atoms with Crippen LogP contribution in [0, 0.1) is 6.92 Å². The standard InChI is InChI=1S/C15H17N5OS/c1-9-18-12(8-22-9)10-6-11(17-7-10)13-19-14(20-21-13)15(16)4-2-3-5-15/h6-8,17H,2-5,16H2,1H3. The summed E-state index contributed by atoms with van der Waals surface area (Å²) in [7, 11) is 0. The molecule has 22 heavy (non-hydrogen) atoms. The van der Waals surface area contributed by atoms with E-state index in [-0.39, 0.29) is 0 Å². The molecule has 0 aromatic carbocycles. The van der Waals surface area contributed by atoms with Gasteiger partial charge in [0, 0.05) is 17.1 Å². The molecular weight excluding hydrogens is 298 g/mol. The Morgan fingerprint density at radius 3 is 2.86 bits per heavy atom. The summed E-state index contributed by atoms with van der Waals surface area (Å²) in [4.78, 5) is 12.1. The molecule has 0 unspecified atom stereocenters. The number of nitrogens with two attached hydrogens (primary N) is 1. The van der Waals surface area contributed by atoms with E-state index >= 15 is 0 Å². The number of aromatic nitrogens is 4. The largest absolute Gasteiger partial charge is 0.357 e. The lowest BCUT2D eigenvalue weighted by Crippen LogP contribution is -2.34. The number of H-pyrrole nitrogens is 1. The highest BCUT2D eigenvalue weighted by atomic mass is 32.1. The zero-order chi connectivity index (χ0) is 15.2. The number of hydrogen-bond acceptors (Lipinski definition) is 6. The van der Waals surface area contributed by atoms with Gasteiger partial charge >= 0.3 is 0 Å². The molecule has 3 aromatic rings. The molecule has 1 aliphatic rings. The minimum atomic E-state index is -0.427. The van der Waals surface area contributed by atoms with Gasteiger partial charge in [-0.1, -0.05) is 18.0 Å². The number of aromatic amines is 1. The van der Waals surface area contributed by atoms with Crippen molar-refractivity contribution in [2.24, 2.45) is 5.73 Å². The van der Waals surface area contributed by atoms with Crippen molar-refractivity contribution in [2.75, 3.05) is 0 Å². The van der Waals surface area contributed by atoms with Crippen molar-refractivity contribution in [1.82, 2.24) is 20.1 Å². The Labute approximate surface area is 131 Å². The van der Waals surface area contributed by atoms with Crippen molar-refractivity contribution in [1.29, 1.82) is 0 Å². The Bertz CT molecular complexity index is 796. The normalized spacial score (nSPS) is 17.2. The first-order valence-electron chi connectivity index (χ1n) is 7.38. The Morgan fingerprint density at radius 2 is 2.14 bits per heavy atom. The van der Waals surface area contributed by atoms with E-state index in [1.807, 2.05) is 24.6 Å². The fourth-order valence-electron chi connectivity index (χ4n) is 2.93. The summed E-state index contributed by atoms with van der Waals surface area (Å²) < 4.78 is 5.39. The zero-order valence-electron chi connectivity index (χ0n) is 12.3. The van der Waals surface area contributed by atoms with E-state index in [2.05, 4.69) is 20.1 Å². The van der Waals surface area contributed by atoms with E-state index in [0.29, 0.717) is 11.7 Å². The van der Waals surface area contributed by atoms with Crippen molar-refractivity contribution in [3.8, 4) is 22.8 Å². The van der Waals surface area contributed by atoms with E-state index < -0.39 is 5.54 Å². The molecule has 0 spiro atoms. The van der Waals surface area contributed by atoms with Crippen LogP contribution in [-0.2, 0) is 5.54 Å². The molecule has 0 saturated heterocycles. The Morgan fingerprint density at radius 1 is 1.32 bits per heavy atom. The van der Waals surface area contributed by atoms with Crippen molar-refractivity contribution in [3.63, 3.8) is 0 Å². The average Bonchev–Trinajstić information content (AvgIpc) is 3.25. The Kier molecular flexibility index (Phi) is 3.12. The van der Waals surface area contributed by atoms with E-state index in [1.165, 1.54) is 0 Å². The SMILES string of the molecule is Cc1nc(-c2c[nH]c(-c3nc(C4(N)CCCC4)no3)c2)cs1. The van der Waals surface area contributed by atoms with Crippen LogP contribution in [0.5, 0.6) is 0 Å². The number of hydrogen-bond donors (Lipinski definition) is 2. The maximum atomic E-state index is 6.37. The van der Waals surface area contributed by atoms with Gasteiger partial charge in [-0.25, -0.2) is 4.98 Å². The third-order valence-corrected chi connectivity index (χ3v) is 4.97. The molecule has 114 valence electrons. The van der Waals surface area contributed by atoms with Crippen LogP contribution < -0.4 is 5.73 Å². The summed E-state index contributed by atoms with van der Waals surface area (Å²) >= 11 is 1.63. The predicted molar refractivity (Wildman–Crippen MR) is 84.3 cm³/mol. The fraction of sp³-hybridized carbons (Fsp3) is 0.400. The Balaban J connectivity index is 1.63. The fourth-order valence-corrected chi connectivity index (χ4v) is 3.55. The molecule has 0 bridgehead atoms. The molecular formula is C15H17N5OS. The number of aryl methyl sites for hydroxylation is 1. The molecule has 0 atom stereocenters. The van der Waals surface area contributed by atoms with Gasteiger partial charge in [-0.3, -0.25) is 0 Å². The molecule has 1 fully saturated rings. The summed E-state index contributed by atoms with van der Waals surface area (Å²) in [6.45, 7) is 1.99. The average molecular weight is 315 g/mol. The monoisotopic (exact) mass is 315 g/mol. The van der Waals surface area contributed by atoms with Gasteiger partial charge in [0.2, 0.25) is 0 Å². The highest BCUT2D eigenvalue weighted by Gasteiger charge is 2.36. The molecule has 7 heteroatoms. The predicted octanol–water partition coefficient (Wildman–Crippen LogP) is 3.22. The number of nitrogens with one attached hydrogen (secondary N) is 1. The Hall–Kier alpha value is -1.99. The molecule has 4 rings (SSSR count). The van der Waals surface area contributed by atoms with Gasteiger partial charge < -0.3 is 15.2 Å². The lowest BCUT2D eigenvalue weighted by Gasteiger charge is -2.17. The van der Waals surface area contributed by atoms with Crippen molar-refractivity contribution < 1.29 is 4.52 Å². The van der Waals surface area contributed by atoms with Gasteiger partial charge in [-0.15, -0.1) is 11.3 Å². The summed E-state index contributed by atoms with van der Waals surface area (Å²) in [5.41, 5.74) is 8.70. The third-order valence-electron chi connectivity index (χ3n) is 4.20. The van der Waals surface area contributed by atoms with Crippen molar-refractivity contribution in [3.05, 3.63) is 28.5 Å². The molecule has 1 aliphatic carbocycles. The first kappa shape index (κ1) is 13.7. The number of thiazole rings is 1. The summed E-state index contributed by atoms with van der Waals surface area (Å²) in [6.07, 6.45) is 5.98. The first-order valence-corrected chi connectivity index (χ1v) is 8.26. The smallest absolute Gasteiger partial charge is 0.274 e. The zero-order valence-corrected chi connectivity index (χ0v) is 13.1. The summed E-state index contributed by atoms with van der Waals surface area (Å²) in [5, 5.41) is 7.17. The van der Waals surface area contributed by atoms with Gasteiger partial charge in [0.05, 0.1) is 16.2 Å². The van der Waals surface area contributed by atoms with E-state index in [0.717, 1.165) is 47.6 Å². The summed E-state index contributed by atoms with van der Waals surface area (Å²) in [6, 6.07) is 1.98. The first-order chi connectivity index (χ1) is 10.6. The second-order valence-corrected chi connectivity index (χ2v) is 6.90. The number of rotatable bonds is 3. The lowest BCUT2D eigenvalue weighted by molar-refractivity contribution is 0.372. The van der Waals surface area contributed by atoms with E-state index in [9.17, 15) is 0 Å². The second kappa shape index (κ2) is 5.03. The van der Waals surface area contributed by atoms with Crippen LogP contribution in [0.25, 0.3) is 22.8 Å². The van der Waals surface area contributed by atoms with Gasteiger partial charge in [0.25, 0.3) is 5.89 Å². The quantitative estimate of drug-likeness (QED) is 0.774. The van der Waals surface area contributed by atoms with Crippen molar-refractivity contribution >= 4 is 11.3 Å². The highest BCUT2D eigenvalue weighted by Crippen LogP contribution is 2.35. The molecule has 0 radical (unpaired) electrons. The minimum absolute atomic E-state index is 0.427. The second-order valence-electron chi connectivity index (χ2n) is 5.84. The molecule has 1 saturated carbocycles. The minimum Gasteiger partial charge on any atom is -0.357 e. The van der Waals surface area contributed by atoms with Crippen LogP contribution >= 0.6 is 11.3 Å². The maximum Gasteiger partial charge on any atom is 0.274 e. The van der Waals surface area contributed by atoms with E-state index in [1.54, 1.807) is 11.3 Å². The van der Waals surface area contributed by atoms with Crippen LogP contribution in [0.3, 0.4) is 0 Å². The summed E-state index contributed by atoms with van der Waals surface area (Å²) in [5.74, 6) is 1.09. The maximum absolute atomic E-state index is 6.37. The molecule has 3 N–H and O–H groups in total. The topological polar surface area (TPSA) is 93.6 Å². The molecule has 0 amide bonds. The van der Waals surface area contributed by atoms with Crippen LogP contribution in [0.2, 0.25) is 0 Å². The van der Waals surface area contributed by atoms with Crippen LogP contribution in [-0.4, -0.2) is 20.1 Å². The van der Waals surface area contributed by atoms with Gasteiger partial charge in [0.1, 0.15) is 5.69 Å². The molecule has 6 nitrogen and oxygen atoms in total. The number of nitrogens with zero attached hydrogens (tertiary/aromatic N) is 3. The van der Waals surface area contributed by atoms with Crippen LogP contribution in [0.1, 0.15) is 36.5 Å². The van der Waals surface area contributed by atoms with Crippen LogP contribution in [0.15, 0.2) is 22.2 Å². The van der Waals surface area contributed by atoms with Gasteiger partial charge in [-0.2, -0.15) is 4.98 Å². The highest BCUT2D eigenvalue weighted by molar-refractivity contribution is 7.09. The molecule has 0 aliphatic heterocycles. The third kappa shape index (κ3) is 2.26. The van der Waals surface area contributed by atoms with Crippen molar-refractivity contribution in [2.45, 2.75) is 38.1 Å².